The SMILES string of the molecule is COc1ccc(C(=O)N2CCCC(Oc3nccnc3OC)C2)cn1. The van der Waals surface area contributed by atoms with Gasteiger partial charge in [-0.25, -0.2) is 15.0 Å². The van der Waals surface area contributed by atoms with E-state index < -0.39 is 0 Å². The fourth-order valence-corrected chi connectivity index (χ4v) is 2.72. The fourth-order valence-electron chi connectivity index (χ4n) is 2.72. The number of hydrogen-bond acceptors (Lipinski definition) is 7. The number of rotatable bonds is 5. The predicted octanol–water partition coefficient (Wildman–Crippen LogP) is 1.57. The molecule has 0 bridgehead atoms. The van der Waals surface area contributed by atoms with E-state index in [-0.39, 0.29) is 12.0 Å². The molecule has 2 aromatic rings. The third-order valence-corrected chi connectivity index (χ3v) is 3.96. The molecule has 0 radical (unpaired) electrons. The topological polar surface area (TPSA) is 86.7 Å². The molecule has 0 saturated carbocycles. The Morgan fingerprint density at radius 2 is 1.92 bits per heavy atom. The van der Waals surface area contributed by atoms with Crippen LogP contribution in [0.4, 0.5) is 0 Å². The van der Waals surface area contributed by atoms with Crippen molar-refractivity contribution in [3.05, 3.63) is 36.3 Å². The second kappa shape index (κ2) is 7.78. The summed E-state index contributed by atoms with van der Waals surface area (Å²) in [7, 11) is 3.06. The molecule has 3 heterocycles. The molecule has 0 N–H and O–H groups in total. The van der Waals surface area contributed by atoms with Crippen LogP contribution in [0.2, 0.25) is 0 Å². The Hall–Kier alpha value is -2.90. The van der Waals surface area contributed by atoms with Crippen molar-refractivity contribution < 1.29 is 19.0 Å². The van der Waals surface area contributed by atoms with E-state index in [1.165, 1.54) is 20.4 Å². The summed E-state index contributed by atoms with van der Waals surface area (Å²) in [4.78, 5) is 26.7. The Morgan fingerprint density at radius 1 is 1.12 bits per heavy atom. The average molecular weight is 344 g/mol. The third-order valence-electron chi connectivity index (χ3n) is 3.96. The summed E-state index contributed by atoms with van der Waals surface area (Å²) in [5, 5.41) is 0. The summed E-state index contributed by atoms with van der Waals surface area (Å²) >= 11 is 0. The van der Waals surface area contributed by atoms with Gasteiger partial charge in [-0.3, -0.25) is 4.79 Å². The summed E-state index contributed by atoms with van der Waals surface area (Å²) in [6.45, 7) is 1.16. The molecule has 8 nitrogen and oxygen atoms in total. The van der Waals surface area contributed by atoms with Gasteiger partial charge in [0.15, 0.2) is 0 Å². The van der Waals surface area contributed by atoms with Gasteiger partial charge in [0.05, 0.1) is 26.3 Å². The molecule has 132 valence electrons. The van der Waals surface area contributed by atoms with Crippen molar-refractivity contribution in [1.29, 1.82) is 0 Å². The molecular formula is C17H20N4O4. The molecule has 1 aliphatic rings. The zero-order valence-corrected chi connectivity index (χ0v) is 14.2. The van der Waals surface area contributed by atoms with Crippen LogP contribution in [-0.4, -0.2) is 59.2 Å². The van der Waals surface area contributed by atoms with E-state index >= 15 is 0 Å². The molecule has 1 amide bonds. The molecular weight excluding hydrogens is 324 g/mol. The number of pyridine rings is 1. The van der Waals surface area contributed by atoms with E-state index in [0.717, 1.165) is 12.8 Å². The number of aromatic nitrogens is 3. The summed E-state index contributed by atoms with van der Waals surface area (Å²) in [5.74, 6) is 1.08. The van der Waals surface area contributed by atoms with E-state index in [4.69, 9.17) is 14.2 Å². The minimum Gasteiger partial charge on any atom is -0.481 e. The molecule has 0 spiro atoms. The van der Waals surface area contributed by atoms with Gasteiger partial charge < -0.3 is 19.1 Å². The number of carbonyl (C=O) groups is 1. The first kappa shape index (κ1) is 16.9. The van der Waals surface area contributed by atoms with E-state index in [1.54, 1.807) is 29.4 Å². The number of ether oxygens (including phenoxy) is 3. The quantitative estimate of drug-likeness (QED) is 0.813. The Labute approximate surface area is 145 Å². The molecule has 25 heavy (non-hydrogen) atoms. The Balaban J connectivity index is 1.66. The summed E-state index contributed by atoms with van der Waals surface area (Å²) in [6.07, 6.45) is 6.14. The van der Waals surface area contributed by atoms with Crippen molar-refractivity contribution in [1.82, 2.24) is 19.9 Å². The van der Waals surface area contributed by atoms with Gasteiger partial charge in [-0.1, -0.05) is 0 Å². The van der Waals surface area contributed by atoms with Crippen LogP contribution >= 0.6 is 0 Å². The molecule has 0 aromatic carbocycles. The van der Waals surface area contributed by atoms with Crippen LogP contribution in [0.25, 0.3) is 0 Å². The summed E-state index contributed by atoms with van der Waals surface area (Å²) < 4.78 is 16.1. The minimum atomic E-state index is -0.158. The molecule has 3 rings (SSSR count). The van der Waals surface area contributed by atoms with E-state index in [1.807, 2.05) is 0 Å². The molecule has 2 aromatic heterocycles. The van der Waals surface area contributed by atoms with E-state index in [9.17, 15) is 4.79 Å². The highest BCUT2D eigenvalue weighted by molar-refractivity contribution is 5.94. The van der Waals surface area contributed by atoms with Crippen molar-refractivity contribution >= 4 is 5.91 Å². The smallest absolute Gasteiger partial charge is 0.278 e. The average Bonchev–Trinajstić information content (AvgIpc) is 2.68. The van der Waals surface area contributed by atoms with Crippen molar-refractivity contribution in [2.24, 2.45) is 0 Å². The monoisotopic (exact) mass is 344 g/mol. The Bertz CT molecular complexity index is 723. The lowest BCUT2D eigenvalue weighted by molar-refractivity contribution is 0.0519. The standard InChI is InChI=1S/C17H20N4O4/c1-23-14-6-5-12(10-20-14)17(22)21-9-3-4-13(11-21)25-16-15(24-2)18-7-8-19-16/h5-8,10,13H,3-4,9,11H2,1-2H3. The van der Waals surface area contributed by atoms with Crippen LogP contribution in [-0.2, 0) is 0 Å². The maximum absolute atomic E-state index is 12.7. The molecule has 8 heteroatoms. The highest BCUT2D eigenvalue weighted by Crippen LogP contribution is 2.24. The maximum atomic E-state index is 12.7. The summed E-state index contributed by atoms with van der Waals surface area (Å²) in [6, 6.07) is 3.39. The normalized spacial score (nSPS) is 17.0. The number of methoxy groups -OCH3 is 2. The Morgan fingerprint density at radius 3 is 2.60 bits per heavy atom. The summed E-state index contributed by atoms with van der Waals surface area (Å²) in [5.41, 5.74) is 0.526. The molecule has 1 unspecified atom stereocenters. The number of amides is 1. The van der Waals surface area contributed by atoms with Gasteiger partial charge >= 0.3 is 0 Å². The lowest BCUT2D eigenvalue weighted by Gasteiger charge is -2.32. The van der Waals surface area contributed by atoms with Gasteiger partial charge in [-0.05, 0) is 18.9 Å². The first-order valence-electron chi connectivity index (χ1n) is 8.02. The maximum Gasteiger partial charge on any atom is 0.278 e. The van der Waals surface area contributed by atoms with Crippen LogP contribution in [0, 0.1) is 0 Å². The molecule has 0 aliphatic carbocycles. The van der Waals surface area contributed by atoms with Crippen molar-refractivity contribution in [2.75, 3.05) is 27.3 Å². The Kier molecular flexibility index (Phi) is 5.27. The number of piperidine rings is 1. The van der Waals surface area contributed by atoms with Gasteiger partial charge in [0.2, 0.25) is 5.88 Å². The molecule has 1 aliphatic heterocycles. The van der Waals surface area contributed by atoms with Gasteiger partial charge in [0, 0.05) is 31.2 Å². The third kappa shape index (κ3) is 3.96. The van der Waals surface area contributed by atoms with Crippen molar-refractivity contribution in [2.45, 2.75) is 18.9 Å². The zero-order valence-electron chi connectivity index (χ0n) is 14.2. The first-order chi connectivity index (χ1) is 12.2. The number of carbonyl (C=O) groups excluding carboxylic acids is 1. The van der Waals surface area contributed by atoms with Crippen LogP contribution in [0.5, 0.6) is 17.6 Å². The number of nitrogens with zero attached hydrogens (tertiary/aromatic N) is 4. The van der Waals surface area contributed by atoms with Crippen molar-refractivity contribution in [3.63, 3.8) is 0 Å². The minimum absolute atomic E-state index is 0.0745. The number of likely N-dealkylation sites (tertiary alicyclic amines) is 1. The van der Waals surface area contributed by atoms with Crippen LogP contribution < -0.4 is 14.2 Å². The highest BCUT2D eigenvalue weighted by atomic mass is 16.5. The van der Waals surface area contributed by atoms with Gasteiger partial charge in [0.1, 0.15) is 6.10 Å². The fraction of sp³-hybridized carbons (Fsp3) is 0.412. The van der Waals surface area contributed by atoms with E-state index in [2.05, 4.69) is 15.0 Å². The first-order valence-corrected chi connectivity index (χ1v) is 8.02. The largest absolute Gasteiger partial charge is 0.481 e. The second-order valence-electron chi connectivity index (χ2n) is 5.59. The molecule has 1 saturated heterocycles. The van der Waals surface area contributed by atoms with Gasteiger partial charge in [-0.2, -0.15) is 0 Å². The molecule has 1 atom stereocenters. The zero-order chi connectivity index (χ0) is 17.6. The van der Waals surface area contributed by atoms with E-state index in [0.29, 0.717) is 36.3 Å². The van der Waals surface area contributed by atoms with Crippen LogP contribution in [0.3, 0.4) is 0 Å². The van der Waals surface area contributed by atoms with Crippen molar-refractivity contribution in [3.8, 4) is 17.6 Å². The second-order valence-corrected chi connectivity index (χ2v) is 5.59. The lowest BCUT2D eigenvalue weighted by Crippen LogP contribution is -2.44. The van der Waals surface area contributed by atoms with Gasteiger partial charge in [0.25, 0.3) is 17.7 Å². The van der Waals surface area contributed by atoms with Gasteiger partial charge in [-0.15, -0.1) is 0 Å². The lowest BCUT2D eigenvalue weighted by atomic mass is 10.1. The predicted molar refractivity (Wildman–Crippen MR) is 88.9 cm³/mol. The highest BCUT2D eigenvalue weighted by Gasteiger charge is 2.27. The number of hydrogen-bond donors (Lipinski definition) is 0. The molecule has 1 fully saturated rings. The van der Waals surface area contributed by atoms with Crippen LogP contribution in [0.15, 0.2) is 30.7 Å². The van der Waals surface area contributed by atoms with Crippen LogP contribution in [0.1, 0.15) is 23.2 Å².